The number of hydrogen-bond donors (Lipinski definition) is 0. The average molecular weight is 235 g/mol. The molecule has 0 amide bonds. The lowest BCUT2D eigenvalue weighted by atomic mass is 10.1. The molecule has 16 heavy (non-hydrogen) atoms. The van der Waals surface area contributed by atoms with Crippen LogP contribution in [0.4, 0.5) is 0 Å². The van der Waals surface area contributed by atoms with Crippen LogP contribution in [0.2, 0.25) is 5.15 Å². The first-order valence-electron chi connectivity index (χ1n) is 5.90. The van der Waals surface area contributed by atoms with Gasteiger partial charge in [0.1, 0.15) is 5.82 Å². The molecule has 0 N–H and O–H groups in total. The molecule has 0 spiro atoms. The van der Waals surface area contributed by atoms with Crippen molar-refractivity contribution in [2.45, 2.75) is 38.5 Å². The SMILES string of the molecule is Cc1ccn2c(C3CCCC3)nc(Cl)c2c1. The number of aryl methyl sites for hydroxylation is 1. The molecule has 1 aliphatic rings. The van der Waals surface area contributed by atoms with Gasteiger partial charge in [-0.05, 0) is 37.5 Å². The average Bonchev–Trinajstić information content (AvgIpc) is 2.87. The van der Waals surface area contributed by atoms with Gasteiger partial charge < -0.3 is 4.40 Å². The zero-order valence-corrected chi connectivity index (χ0v) is 10.2. The summed E-state index contributed by atoms with van der Waals surface area (Å²) >= 11 is 6.20. The minimum atomic E-state index is 0.600. The molecule has 1 saturated carbocycles. The van der Waals surface area contributed by atoms with Crippen LogP contribution in [-0.4, -0.2) is 9.38 Å². The fourth-order valence-electron chi connectivity index (χ4n) is 2.65. The number of fused-ring (bicyclic) bond motifs is 1. The highest BCUT2D eigenvalue weighted by atomic mass is 35.5. The molecule has 0 radical (unpaired) electrons. The van der Waals surface area contributed by atoms with Crippen molar-refractivity contribution in [1.82, 2.24) is 9.38 Å². The van der Waals surface area contributed by atoms with E-state index in [4.69, 9.17) is 11.6 Å². The summed E-state index contributed by atoms with van der Waals surface area (Å²) in [6.07, 6.45) is 7.25. The van der Waals surface area contributed by atoms with Gasteiger partial charge in [-0.1, -0.05) is 24.4 Å². The summed E-state index contributed by atoms with van der Waals surface area (Å²) in [7, 11) is 0. The van der Waals surface area contributed by atoms with Crippen LogP contribution >= 0.6 is 11.6 Å². The Morgan fingerprint density at radius 3 is 2.88 bits per heavy atom. The van der Waals surface area contributed by atoms with E-state index in [0.717, 1.165) is 11.3 Å². The van der Waals surface area contributed by atoms with E-state index in [2.05, 4.69) is 34.6 Å². The first-order valence-corrected chi connectivity index (χ1v) is 6.27. The van der Waals surface area contributed by atoms with Crippen LogP contribution in [-0.2, 0) is 0 Å². The number of imidazole rings is 1. The van der Waals surface area contributed by atoms with Gasteiger partial charge in [-0.2, -0.15) is 0 Å². The maximum atomic E-state index is 6.20. The van der Waals surface area contributed by atoms with Crippen LogP contribution in [0.3, 0.4) is 0 Å². The van der Waals surface area contributed by atoms with Gasteiger partial charge in [0.2, 0.25) is 0 Å². The molecule has 1 fully saturated rings. The minimum absolute atomic E-state index is 0.600. The van der Waals surface area contributed by atoms with Gasteiger partial charge in [-0.25, -0.2) is 4.98 Å². The van der Waals surface area contributed by atoms with Crippen molar-refractivity contribution in [2.75, 3.05) is 0 Å². The number of nitrogens with zero attached hydrogens (tertiary/aromatic N) is 2. The normalized spacial score (nSPS) is 17.4. The largest absolute Gasteiger partial charge is 0.302 e. The van der Waals surface area contributed by atoms with Crippen LogP contribution in [0.25, 0.3) is 5.52 Å². The van der Waals surface area contributed by atoms with Crippen molar-refractivity contribution in [1.29, 1.82) is 0 Å². The standard InChI is InChI=1S/C13H15ClN2/c1-9-6-7-16-11(8-9)12(14)15-13(16)10-4-2-3-5-10/h6-8,10H,2-5H2,1H3. The fraction of sp³-hybridized carbons (Fsp3) is 0.462. The quantitative estimate of drug-likeness (QED) is 0.730. The molecule has 2 aromatic heterocycles. The highest BCUT2D eigenvalue weighted by Gasteiger charge is 2.22. The second kappa shape index (κ2) is 3.77. The van der Waals surface area contributed by atoms with Crippen LogP contribution in [0.1, 0.15) is 43.0 Å². The van der Waals surface area contributed by atoms with Crippen molar-refractivity contribution in [3.63, 3.8) is 0 Å². The summed E-state index contributed by atoms with van der Waals surface area (Å²) in [5.74, 6) is 1.75. The van der Waals surface area contributed by atoms with E-state index < -0.39 is 0 Å². The molecular formula is C13H15ClN2. The third-order valence-corrected chi connectivity index (χ3v) is 3.78. The topological polar surface area (TPSA) is 17.3 Å². The van der Waals surface area contributed by atoms with E-state index >= 15 is 0 Å². The molecule has 84 valence electrons. The van der Waals surface area contributed by atoms with Crippen molar-refractivity contribution in [3.8, 4) is 0 Å². The van der Waals surface area contributed by atoms with Crippen molar-refractivity contribution in [3.05, 3.63) is 34.9 Å². The van der Waals surface area contributed by atoms with Gasteiger partial charge in [0.25, 0.3) is 0 Å². The van der Waals surface area contributed by atoms with Gasteiger partial charge in [0.15, 0.2) is 5.15 Å². The zero-order valence-electron chi connectivity index (χ0n) is 9.41. The Balaban J connectivity index is 2.18. The number of pyridine rings is 1. The van der Waals surface area contributed by atoms with E-state index in [-0.39, 0.29) is 0 Å². The van der Waals surface area contributed by atoms with Gasteiger partial charge >= 0.3 is 0 Å². The van der Waals surface area contributed by atoms with Gasteiger partial charge in [0.05, 0.1) is 5.52 Å². The molecule has 0 unspecified atom stereocenters. The molecule has 0 bridgehead atoms. The van der Waals surface area contributed by atoms with Crippen LogP contribution in [0.5, 0.6) is 0 Å². The number of rotatable bonds is 1. The number of aromatic nitrogens is 2. The smallest absolute Gasteiger partial charge is 0.155 e. The van der Waals surface area contributed by atoms with Crippen molar-refractivity contribution < 1.29 is 0 Å². The fourth-order valence-corrected chi connectivity index (χ4v) is 2.88. The Morgan fingerprint density at radius 2 is 2.12 bits per heavy atom. The third kappa shape index (κ3) is 1.52. The van der Waals surface area contributed by atoms with Crippen LogP contribution in [0.15, 0.2) is 18.3 Å². The first kappa shape index (κ1) is 10.2. The molecule has 3 heteroatoms. The van der Waals surface area contributed by atoms with Crippen LogP contribution < -0.4 is 0 Å². The summed E-state index contributed by atoms with van der Waals surface area (Å²) in [6.45, 7) is 2.08. The monoisotopic (exact) mass is 234 g/mol. The van der Waals surface area contributed by atoms with E-state index in [9.17, 15) is 0 Å². The lowest BCUT2D eigenvalue weighted by molar-refractivity contribution is 0.665. The third-order valence-electron chi connectivity index (χ3n) is 3.50. The van der Waals surface area contributed by atoms with Crippen molar-refractivity contribution in [2.24, 2.45) is 0 Å². The Kier molecular flexibility index (Phi) is 2.40. The number of halogens is 1. The molecule has 3 rings (SSSR count). The van der Waals surface area contributed by atoms with Crippen LogP contribution in [0, 0.1) is 6.92 Å². The molecular weight excluding hydrogens is 220 g/mol. The van der Waals surface area contributed by atoms with E-state index in [1.54, 1.807) is 0 Å². The highest BCUT2D eigenvalue weighted by Crippen LogP contribution is 2.35. The molecule has 0 saturated heterocycles. The van der Waals surface area contributed by atoms with Gasteiger partial charge in [-0.15, -0.1) is 0 Å². The molecule has 2 aromatic rings. The zero-order chi connectivity index (χ0) is 11.1. The minimum Gasteiger partial charge on any atom is -0.302 e. The Hall–Kier alpha value is -1.02. The Morgan fingerprint density at radius 1 is 1.38 bits per heavy atom. The molecule has 0 aromatic carbocycles. The van der Waals surface area contributed by atoms with E-state index in [1.165, 1.54) is 31.2 Å². The molecule has 0 aliphatic heterocycles. The maximum absolute atomic E-state index is 6.20. The lowest BCUT2D eigenvalue weighted by Crippen LogP contribution is -1.99. The van der Waals surface area contributed by atoms with Gasteiger partial charge in [0, 0.05) is 12.1 Å². The summed E-state index contributed by atoms with van der Waals surface area (Å²) < 4.78 is 2.16. The summed E-state index contributed by atoms with van der Waals surface area (Å²) in [5.41, 5.74) is 2.27. The maximum Gasteiger partial charge on any atom is 0.155 e. The first-order chi connectivity index (χ1) is 7.75. The molecule has 0 atom stereocenters. The Bertz CT molecular complexity index is 524. The predicted molar refractivity (Wildman–Crippen MR) is 66.1 cm³/mol. The summed E-state index contributed by atoms with van der Waals surface area (Å²) in [6, 6.07) is 4.22. The van der Waals surface area contributed by atoms with Gasteiger partial charge in [-0.3, -0.25) is 0 Å². The highest BCUT2D eigenvalue weighted by molar-refractivity contribution is 6.32. The lowest BCUT2D eigenvalue weighted by Gasteiger charge is -2.07. The Labute approximate surface area is 100 Å². The second-order valence-electron chi connectivity index (χ2n) is 4.70. The summed E-state index contributed by atoms with van der Waals surface area (Å²) in [4.78, 5) is 4.54. The van der Waals surface area contributed by atoms with E-state index in [1.807, 2.05) is 0 Å². The molecule has 1 aliphatic carbocycles. The van der Waals surface area contributed by atoms with E-state index in [0.29, 0.717) is 11.1 Å². The second-order valence-corrected chi connectivity index (χ2v) is 5.06. The summed E-state index contributed by atoms with van der Waals surface area (Å²) in [5, 5.41) is 0.644. The van der Waals surface area contributed by atoms with Crippen molar-refractivity contribution >= 4 is 17.1 Å². The predicted octanol–water partition coefficient (Wildman–Crippen LogP) is 3.95. The molecule has 2 nitrogen and oxygen atoms in total. The molecule has 2 heterocycles. The number of hydrogen-bond acceptors (Lipinski definition) is 1.